The topological polar surface area (TPSA) is 36.5 Å². The van der Waals surface area contributed by atoms with Crippen LogP contribution in [0.15, 0.2) is 150 Å². The predicted molar refractivity (Wildman–Crippen MR) is 183 cm³/mol. The third-order valence-corrected chi connectivity index (χ3v) is 8.32. The zero-order valence-corrected chi connectivity index (χ0v) is 27.9. The Morgan fingerprint density at radius 1 is 0.447 bits per heavy atom. The van der Waals surface area contributed by atoms with Crippen molar-refractivity contribution in [2.75, 3.05) is 0 Å². The first-order valence-corrected chi connectivity index (χ1v) is 15.1. The molecule has 47 heavy (non-hydrogen) atoms. The van der Waals surface area contributed by atoms with E-state index < -0.39 is 0 Å². The van der Waals surface area contributed by atoms with Crippen LogP contribution in [0.5, 0.6) is 23.0 Å². The molecule has 2 aliphatic heterocycles. The van der Waals surface area contributed by atoms with Gasteiger partial charge in [-0.3, -0.25) is 4.57 Å². The SMILES string of the molecule is [W].[c-]1ccc(-c2cc3c4c(c2)c2cccc5c2n4-c2c(cccc2O3)O5)cc1.[c-]1ccc2oc3ccccc3c2c1.[c-]1ccccc1. The zero-order valence-electron chi connectivity index (χ0n) is 24.9. The van der Waals surface area contributed by atoms with Gasteiger partial charge in [0.2, 0.25) is 0 Å². The van der Waals surface area contributed by atoms with E-state index in [2.05, 4.69) is 65.2 Å². The molecule has 0 saturated heterocycles. The molecule has 0 fully saturated rings. The number of fused-ring (bicyclic) bond motifs is 4. The Hall–Kier alpha value is -5.57. The molecule has 2 aliphatic rings. The van der Waals surface area contributed by atoms with Crippen molar-refractivity contribution in [3.05, 3.63) is 164 Å². The summed E-state index contributed by atoms with van der Waals surface area (Å²) in [5.74, 6) is 3.42. The molecule has 0 bridgehead atoms. The summed E-state index contributed by atoms with van der Waals surface area (Å²) in [6.07, 6.45) is 0. The normalized spacial score (nSPS) is 11.6. The average molecular weight is 774 g/mol. The Labute approximate surface area is 285 Å². The van der Waals surface area contributed by atoms with Crippen LogP contribution < -0.4 is 9.47 Å². The van der Waals surface area contributed by atoms with Crippen LogP contribution >= 0.6 is 0 Å². The van der Waals surface area contributed by atoms with E-state index in [9.17, 15) is 0 Å². The summed E-state index contributed by atoms with van der Waals surface area (Å²) >= 11 is 0. The van der Waals surface area contributed by atoms with Crippen molar-refractivity contribution in [2.24, 2.45) is 0 Å². The van der Waals surface area contributed by atoms with E-state index in [1.54, 1.807) is 0 Å². The molecule has 2 aromatic heterocycles. The van der Waals surface area contributed by atoms with Crippen LogP contribution in [-0.4, -0.2) is 4.57 Å². The molecule has 5 heteroatoms. The van der Waals surface area contributed by atoms with Gasteiger partial charge >= 0.3 is 0 Å². The molecular formula is C42H24NO3W-3. The number of para-hydroxylation sites is 3. The van der Waals surface area contributed by atoms with Crippen molar-refractivity contribution in [2.45, 2.75) is 0 Å². The quantitative estimate of drug-likeness (QED) is 0.156. The number of nitrogens with zero attached hydrogens (tertiary/aromatic N) is 1. The van der Waals surface area contributed by atoms with E-state index in [4.69, 9.17) is 13.9 Å². The molecule has 0 N–H and O–H groups in total. The van der Waals surface area contributed by atoms with Crippen molar-refractivity contribution in [1.82, 2.24) is 4.57 Å². The molecule has 0 spiro atoms. The van der Waals surface area contributed by atoms with Crippen LogP contribution in [0.25, 0.3) is 60.6 Å². The molecule has 4 heterocycles. The number of benzene rings is 7. The number of furan rings is 1. The summed E-state index contributed by atoms with van der Waals surface area (Å²) in [6.45, 7) is 0. The Kier molecular flexibility index (Phi) is 7.36. The van der Waals surface area contributed by atoms with Crippen molar-refractivity contribution >= 4 is 43.7 Å². The smallest absolute Gasteiger partial charge is 0.155 e. The van der Waals surface area contributed by atoms with Crippen molar-refractivity contribution in [1.29, 1.82) is 0 Å². The molecule has 0 atom stereocenters. The van der Waals surface area contributed by atoms with Gasteiger partial charge in [-0.1, -0.05) is 41.8 Å². The van der Waals surface area contributed by atoms with Crippen LogP contribution in [0.1, 0.15) is 0 Å². The van der Waals surface area contributed by atoms with Gasteiger partial charge in [-0.05, 0) is 47.3 Å². The second kappa shape index (κ2) is 12.0. The van der Waals surface area contributed by atoms with Crippen molar-refractivity contribution < 1.29 is 35.0 Å². The van der Waals surface area contributed by atoms with Gasteiger partial charge in [-0.2, -0.15) is 84.9 Å². The molecule has 0 aliphatic carbocycles. The average Bonchev–Trinajstić information content (AvgIpc) is 3.68. The fourth-order valence-electron chi connectivity index (χ4n) is 6.33. The van der Waals surface area contributed by atoms with E-state index >= 15 is 0 Å². The van der Waals surface area contributed by atoms with Gasteiger partial charge < -0.3 is 13.9 Å². The molecule has 0 saturated carbocycles. The van der Waals surface area contributed by atoms with E-state index in [0.29, 0.717) is 0 Å². The van der Waals surface area contributed by atoms with Gasteiger partial charge in [0, 0.05) is 37.4 Å². The third-order valence-electron chi connectivity index (χ3n) is 8.32. The minimum atomic E-state index is 0. The van der Waals surface area contributed by atoms with E-state index in [1.807, 2.05) is 103 Å². The molecule has 11 rings (SSSR count). The summed E-state index contributed by atoms with van der Waals surface area (Å²) < 4.78 is 20.5. The van der Waals surface area contributed by atoms with E-state index in [-0.39, 0.29) is 21.1 Å². The first-order chi connectivity index (χ1) is 22.8. The molecule has 0 unspecified atom stereocenters. The summed E-state index contributed by atoms with van der Waals surface area (Å²) in [5, 5.41) is 4.66. The third kappa shape index (κ3) is 4.90. The number of hydrogen-bond acceptors (Lipinski definition) is 3. The van der Waals surface area contributed by atoms with Crippen LogP contribution in [-0.2, 0) is 21.1 Å². The number of aromatic nitrogens is 1. The molecule has 9 aromatic rings. The first-order valence-electron chi connectivity index (χ1n) is 15.1. The standard InChI is InChI=1S/C24H12NO2.C12H7O.C6H5.W/c1-2-6-14(7-3-1)15-12-17-16-8-4-9-18-22(16)25-23(17)21(13-15)27-20-11-5-10-19(26-18)24(20)25;1-3-7-11-9(5-1)10-6-2-4-8-12(10)13-11;1-2-4-6-5-3-1;/h2-13H;1,3-8H;1-5H;/q3*-1;. The summed E-state index contributed by atoms with van der Waals surface area (Å²) in [4.78, 5) is 0. The monoisotopic (exact) mass is 774 g/mol. The zero-order chi connectivity index (χ0) is 30.5. The van der Waals surface area contributed by atoms with Gasteiger partial charge in [0.15, 0.2) is 23.0 Å². The number of ether oxygens (including phenoxy) is 2. The van der Waals surface area contributed by atoms with E-state index in [1.165, 1.54) is 10.8 Å². The minimum Gasteiger partial charge on any atom is -0.483 e. The molecular weight excluding hydrogens is 750 g/mol. The Morgan fingerprint density at radius 2 is 1.11 bits per heavy atom. The van der Waals surface area contributed by atoms with Gasteiger partial charge in [-0.15, -0.1) is 11.6 Å². The van der Waals surface area contributed by atoms with E-state index in [0.717, 1.165) is 72.8 Å². The summed E-state index contributed by atoms with van der Waals surface area (Å²) in [7, 11) is 0. The fraction of sp³-hybridized carbons (Fsp3) is 0. The van der Waals surface area contributed by atoms with Crippen LogP contribution in [0, 0.1) is 18.2 Å². The van der Waals surface area contributed by atoms with Crippen LogP contribution in [0.4, 0.5) is 0 Å². The largest absolute Gasteiger partial charge is 0.483 e. The Balaban J connectivity index is 0.000000134. The molecule has 4 nitrogen and oxygen atoms in total. The Morgan fingerprint density at radius 3 is 1.89 bits per heavy atom. The van der Waals surface area contributed by atoms with Crippen molar-refractivity contribution in [3.8, 4) is 39.8 Å². The molecule has 0 radical (unpaired) electrons. The maximum absolute atomic E-state index is 6.34. The van der Waals surface area contributed by atoms with Gasteiger partial charge in [0.25, 0.3) is 0 Å². The van der Waals surface area contributed by atoms with Crippen molar-refractivity contribution in [3.63, 3.8) is 0 Å². The predicted octanol–water partition coefficient (Wildman–Crippen LogP) is 11.3. The van der Waals surface area contributed by atoms with Gasteiger partial charge in [-0.25, -0.2) is 0 Å². The first kappa shape index (κ1) is 28.9. The summed E-state index contributed by atoms with van der Waals surface area (Å²) in [5.41, 5.74) is 7.36. The van der Waals surface area contributed by atoms with Crippen LogP contribution in [0.2, 0.25) is 0 Å². The second-order valence-electron chi connectivity index (χ2n) is 11.1. The van der Waals surface area contributed by atoms with Crippen LogP contribution in [0.3, 0.4) is 0 Å². The molecule has 0 amide bonds. The minimum absolute atomic E-state index is 0. The number of rotatable bonds is 1. The number of hydrogen-bond donors (Lipinski definition) is 0. The fourth-order valence-corrected chi connectivity index (χ4v) is 6.33. The second-order valence-corrected chi connectivity index (χ2v) is 11.1. The molecule has 7 aromatic carbocycles. The maximum Gasteiger partial charge on any atom is 0.155 e. The Bertz CT molecular complexity index is 2460. The summed E-state index contributed by atoms with van der Waals surface area (Å²) in [6, 6.07) is 57.1. The maximum atomic E-state index is 6.34. The van der Waals surface area contributed by atoms with Gasteiger partial charge in [0.1, 0.15) is 11.3 Å². The van der Waals surface area contributed by atoms with Gasteiger partial charge in [0.05, 0.1) is 11.0 Å². The molecule has 224 valence electrons.